The number of benzene rings is 1. The number of nitrogens with zero attached hydrogens (tertiary/aromatic N) is 2. The lowest BCUT2D eigenvalue weighted by Gasteiger charge is -2.25. The molecule has 1 amide bonds. The van der Waals surface area contributed by atoms with Crippen LogP contribution in [0.2, 0.25) is 0 Å². The Kier molecular flexibility index (Phi) is 5.60. The Labute approximate surface area is 167 Å². The van der Waals surface area contributed by atoms with Gasteiger partial charge in [-0.3, -0.25) is 10.2 Å². The zero-order valence-electron chi connectivity index (χ0n) is 16.4. The minimum Gasteiger partial charge on any atom is -0.396 e. The number of carbonyl (C=O) groups is 1. The predicted molar refractivity (Wildman–Crippen MR) is 109 cm³/mol. The number of aliphatic hydroxyl groups is 1. The molecule has 1 aromatic carbocycles. The van der Waals surface area contributed by atoms with Gasteiger partial charge in [-0.05, 0) is 38.5 Å². The Morgan fingerprint density at radius 3 is 2.79 bits per heavy atom. The SMILES string of the molecule is CNc1cc(F)ccc1C(=N)c1cnc2[nH]cc(C(=O)NC(C)(C)CCO)c2n1. The summed E-state index contributed by atoms with van der Waals surface area (Å²) >= 11 is 0. The van der Waals surface area contributed by atoms with Crippen LogP contribution in [0.1, 0.15) is 41.9 Å². The molecule has 0 radical (unpaired) electrons. The van der Waals surface area contributed by atoms with Gasteiger partial charge < -0.3 is 20.7 Å². The van der Waals surface area contributed by atoms with E-state index in [9.17, 15) is 9.18 Å². The van der Waals surface area contributed by atoms with Gasteiger partial charge in [-0.2, -0.15) is 0 Å². The van der Waals surface area contributed by atoms with Gasteiger partial charge in [-0.15, -0.1) is 0 Å². The number of nitrogens with one attached hydrogen (secondary N) is 4. The fourth-order valence-corrected chi connectivity index (χ4v) is 2.98. The Hall–Kier alpha value is -3.33. The molecule has 9 heteroatoms. The number of hydrogen-bond donors (Lipinski definition) is 5. The van der Waals surface area contributed by atoms with Crippen molar-refractivity contribution in [1.82, 2.24) is 20.3 Å². The highest BCUT2D eigenvalue weighted by Crippen LogP contribution is 2.22. The summed E-state index contributed by atoms with van der Waals surface area (Å²) in [5, 5.41) is 23.4. The van der Waals surface area contributed by atoms with E-state index in [2.05, 4.69) is 25.6 Å². The molecular weight excluding hydrogens is 375 g/mol. The highest BCUT2D eigenvalue weighted by molar-refractivity contribution is 6.14. The molecule has 3 aromatic rings. The maximum absolute atomic E-state index is 13.5. The fraction of sp³-hybridized carbons (Fsp3) is 0.300. The van der Waals surface area contributed by atoms with Crippen LogP contribution in [0.25, 0.3) is 11.2 Å². The summed E-state index contributed by atoms with van der Waals surface area (Å²) in [5.74, 6) is -0.770. The number of rotatable bonds is 7. The number of anilines is 1. The number of halogens is 1. The second kappa shape index (κ2) is 7.96. The molecule has 0 saturated heterocycles. The molecule has 5 N–H and O–H groups in total. The molecule has 0 bridgehead atoms. The number of amides is 1. The number of aliphatic hydroxyl groups excluding tert-OH is 1. The summed E-state index contributed by atoms with van der Waals surface area (Å²) in [6, 6.07) is 4.07. The van der Waals surface area contributed by atoms with E-state index in [-0.39, 0.29) is 23.9 Å². The molecule has 152 valence electrons. The number of aromatic nitrogens is 3. The van der Waals surface area contributed by atoms with Crippen LogP contribution in [0.4, 0.5) is 10.1 Å². The average molecular weight is 398 g/mol. The van der Waals surface area contributed by atoms with Gasteiger partial charge in [0.1, 0.15) is 17.0 Å². The number of hydrogen-bond acceptors (Lipinski definition) is 6. The predicted octanol–water partition coefficient (Wildman–Crippen LogP) is 2.45. The van der Waals surface area contributed by atoms with Crippen molar-refractivity contribution in [3.8, 4) is 0 Å². The van der Waals surface area contributed by atoms with Gasteiger partial charge in [0.05, 0.1) is 17.5 Å². The van der Waals surface area contributed by atoms with Crippen molar-refractivity contribution in [2.24, 2.45) is 0 Å². The van der Waals surface area contributed by atoms with E-state index in [1.54, 1.807) is 7.05 Å². The van der Waals surface area contributed by atoms with Gasteiger partial charge >= 0.3 is 0 Å². The zero-order valence-corrected chi connectivity index (χ0v) is 16.4. The van der Waals surface area contributed by atoms with E-state index in [0.29, 0.717) is 34.4 Å². The molecule has 0 unspecified atom stereocenters. The van der Waals surface area contributed by atoms with Crippen LogP contribution in [0.3, 0.4) is 0 Å². The van der Waals surface area contributed by atoms with E-state index < -0.39 is 11.4 Å². The third kappa shape index (κ3) is 4.24. The minimum atomic E-state index is -0.594. The van der Waals surface area contributed by atoms with E-state index in [1.165, 1.54) is 30.6 Å². The summed E-state index contributed by atoms with van der Waals surface area (Å²) in [4.78, 5) is 24.3. The molecule has 8 nitrogen and oxygen atoms in total. The highest BCUT2D eigenvalue weighted by Gasteiger charge is 2.23. The summed E-state index contributed by atoms with van der Waals surface area (Å²) in [5.41, 5.74) is 1.67. The van der Waals surface area contributed by atoms with Gasteiger partial charge in [-0.25, -0.2) is 14.4 Å². The molecule has 0 spiro atoms. The standard InChI is InChI=1S/C20H23FN6O2/c1-20(2,6-7-28)27-19(29)13-9-24-18-17(13)26-15(10-25-18)16(22)12-5-4-11(21)8-14(12)23-3/h4-5,8-10,22-23,28H,6-7H2,1-3H3,(H,24,25)(H,27,29). The van der Waals surface area contributed by atoms with Crippen LogP contribution in [0.15, 0.2) is 30.6 Å². The molecule has 0 atom stereocenters. The third-order valence-corrected chi connectivity index (χ3v) is 4.59. The largest absolute Gasteiger partial charge is 0.396 e. The maximum atomic E-state index is 13.5. The summed E-state index contributed by atoms with van der Waals surface area (Å²) in [7, 11) is 1.64. The highest BCUT2D eigenvalue weighted by atomic mass is 19.1. The summed E-state index contributed by atoms with van der Waals surface area (Å²) < 4.78 is 13.5. The Balaban J connectivity index is 1.97. The molecule has 2 aromatic heterocycles. The first-order valence-electron chi connectivity index (χ1n) is 9.10. The van der Waals surface area contributed by atoms with Crippen LogP contribution in [0.5, 0.6) is 0 Å². The second-order valence-corrected chi connectivity index (χ2v) is 7.28. The first kappa shape index (κ1) is 20.4. The zero-order chi connectivity index (χ0) is 21.2. The van der Waals surface area contributed by atoms with E-state index in [1.807, 2.05) is 13.8 Å². The van der Waals surface area contributed by atoms with Crippen molar-refractivity contribution >= 4 is 28.5 Å². The Morgan fingerprint density at radius 1 is 1.34 bits per heavy atom. The molecule has 0 aliphatic carbocycles. The number of aromatic amines is 1. The lowest BCUT2D eigenvalue weighted by atomic mass is 10.0. The lowest BCUT2D eigenvalue weighted by Crippen LogP contribution is -2.44. The number of fused-ring (bicyclic) bond motifs is 1. The van der Waals surface area contributed by atoms with Crippen LogP contribution in [-0.2, 0) is 0 Å². The molecule has 0 fully saturated rings. The molecule has 3 rings (SSSR count). The molecular formula is C20H23FN6O2. The quantitative estimate of drug-likeness (QED) is 0.391. The van der Waals surface area contributed by atoms with Crippen molar-refractivity contribution in [2.45, 2.75) is 25.8 Å². The Bertz CT molecular complexity index is 1080. The van der Waals surface area contributed by atoms with Crippen LogP contribution in [-0.4, -0.2) is 50.9 Å². The fourth-order valence-electron chi connectivity index (χ4n) is 2.98. The average Bonchev–Trinajstić information content (AvgIpc) is 3.10. The van der Waals surface area contributed by atoms with Crippen LogP contribution < -0.4 is 10.6 Å². The second-order valence-electron chi connectivity index (χ2n) is 7.28. The van der Waals surface area contributed by atoms with E-state index in [4.69, 9.17) is 10.5 Å². The maximum Gasteiger partial charge on any atom is 0.255 e. The van der Waals surface area contributed by atoms with Gasteiger partial charge in [0, 0.05) is 36.6 Å². The van der Waals surface area contributed by atoms with E-state index in [0.717, 1.165) is 0 Å². The minimum absolute atomic E-state index is 0.0479. The molecule has 0 aliphatic rings. The van der Waals surface area contributed by atoms with Crippen LogP contribution >= 0.6 is 0 Å². The van der Waals surface area contributed by atoms with Gasteiger partial charge in [0.25, 0.3) is 5.91 Å². The summed E-state index contributed by atoms with van der Waals surface area (Å²) in [6.45, 7) is 3.58. The summed E-state index contributed by atoms with van der Waals surface area (Å²) in [6.07, 6.45) is 3.35. The van der Waals surface area contributed by atoms with Gasteiger partial charge in [0.15, 0.2) is 5.65 Å². The molecule has 29 heavy (non-hydrogen) atoms. The monoisotopic (exact) mass is 398 g/mol. The first-order chi connectivity index (χ1) is 13.8. The first-order valence-corrected chi connectivity index (χ1v) is 9.10. The van der Waals surface area contributed by atoms with Crippen LogP contribution in [0, 0.1) is 11.2 Å². The van der Waals surface area contributed by atoms with Gasteiger partial charge in [0.2, 0.25) is 0 Å². The van der Waals surface area contributed by atoms with Crippen molar-refractivity contribution in [1.29, 1.82) is 5.41 Å². The smallest absolute Gasteiger partial charge is 0.255 e. The van der Waals surface area contributed by atoms with E-state index >= 15 is 0 Å². The Morgan fingerprint density at radius 2 is 2.10 bits per heavy atom. The third-order valence-electron chi connectivity index (χ3n) is 4.59. The van der Waals surface area contributed by atoms with Crippen molar-refractivity contribution < 1.29 is 14.3 Å². The van der Waals surface area contributed by atoms with Crippen molar-refractivity contribution in [3.63, 3.8) is 0 Å². The van der Waals surface area contributed by atoms with Crippen molar-refractivity contribution in [3.05, 3.63) is 53.2 Å². The number of carbonyl (C=O) groups excluding carboxylic acids is 1. The molecule has 0 aliphatic heterocycles. The molecule has 2 heterocycles. The van der Waals surface area contributed by atoms with Crippen molar-refractivity contribution in [2.75, 3.05) is 19.0 Å². The topological polar surface area (TPSA) is 127 Å². The normalized spacial score (nSPS) is 11.5. The van der Waals surface area contributed by atoms with Gasteiger partial charge in [-0.1, -0.05) is 0 Å². The number of H-pyrrole nitrogens is 1. The molecule has 0 saturated carbocycles. The lowest BCUT2D eigenvalue weighted by molar-refractivity contribution is 0.0901.